The number of nitrogens with two attached hydrogens (primary N) is 1. The molecule has 2 aromatic carbocycles. The van der Waals surface area contributed by atoms with Crippen LogP contribution in [0.1, 0.15) is 84.3 Å². The number of benzene rings is 2. The molecule has 4 rings (SSSR count). The Morgan fingerprint density at radius 2 is 1.55 bits per heavy atom. The summed E-state index contributed by atoms with van der Waals surface area (Å²) in [6.45, 7) is 9.82. The van der Waals surface area contributed by atoms with Gasteiger partial charge in [0.15, 0.2) is 0 Å². The molecule has 19 heteroatoms. The first-order valence-electron chi connectivity index (χ1n) is 22.0. The molecule has 2 aliphatic heterocycles. The Kier molecular flexibility index (Phi) is 19.4. The molecule has 2 saturated heterocycles. The maximum atomic E-state index is 14.0. The molecule has 19 nitrogen and oxygen atoms in total. The van der Waals surface area contributed by atoms with E-state index in [0.29, 0.717) is 23.4 Å². The van der Waals surface area contributed by atoms with Crippen LogP contribution in [0.25, 0.3) is 0 Å². The lowest BCUT2D eigenvalue weighted by Gasteiger charge is -2.29. The molecule has 2 fully saturated rings. The van der Waals surface area contributed by atoms with Crippen LogP contribution in [-0.2, 0) is 60.9 Å². The third-order valence-corrected chi connectivity index (χ3v) is 11.4. The maximum Gasteiger partial charge on any atom is 0.312 e. The molecule has 2 heterocycles. The van der Waals surface area contributed by atoms with E-state index in [-0.39, 0.29) is 120 Å². The number of ether oxygens (including phenoxy) is 2. The summed E-state index contributed by atoms with van der Waals surface area (Å²) in [5.74, 6) is -4.05. The smallest absolute Gasteiger partial charge is 0.312 e. The first kappa shape index (κ1) is 51.3. The second-order valence-corrected chi connectivity index (χ2v) is 17.6. The van der Waals surface area contributed by atoms with Gasteiger partial charge in [0.2, 0.25) is 41.4 Å². The van der Waals surface area contributed by atoms with Gasteiger partial charge < -0.3 is 46.3 Å². The molecule has 0 saturated carbocycles. The number of nitrogens with one attached hydrogen (secondary N) is 4. The number of primary amides is 1. The number of amides is 9. The van der Waals surface area contributed by atoms with E-state index < -0.39 is 53.6 Å². The Balaban J connectivity index is 1.46. The number of hydrogen-bond donors (Lipinski definition) is 5. The summed E-state index contributed by atoms with van der Waals surface area (Å²) in [7, 11) is 0. The minimum Gasteiger partial charge on any atom is -0.461 e. The van der Waals surface area contributed by atoms with Gasteiger partial charge in [-0.15, -0.1) is 0 Å². The van der Waals surface area contributed by atoms with E-state index in [1.54, 1.807) is 61.5 Å². The first-order valence-corrected chi connectivity index (χ1v) is 22.0. The summed E-state index contributed by atoms with van der Waals surface area (Å²) in [6, 6.07) is 12.4. The summed E-state index contributed by atoms with van der Waals surface area (Å²) in [5, 5.41) is 10.7. The molecule has 9 amide bonds. The van der Waals surface area contributed by atoms with Crippen LogP contribution in [0.5, 0.6) is 0 Å². The van der Waals surface area contributed by atoms with Crippen molar-refractivity contribution in [3.05, 3.63) is 65.7 Å². The van der Waals surface area contributed by atoms with E-state index in [4.69, 9.17) is 15.2 Å². The van der Waals surface area contributed by atoms with E-state index in [2.05, 4.69) is 21.3 Å². The monoisotopic (exact) mass is 904 g/mol. The fraction of sp³-hybridized carbons (Fsp3) is 0.543. The molecule has 2 aromatic rings. The average Bonchev–Trinajstić information content (AvgIpc) is 3.36. The molecule has 0 spiro atoms. The van der Waals surface area contributed by atoms with Gasteiger partial charge in [-0.1, -0.05) is 70.2 Å². The Morgan fingerprint density at radius 1 is 0.862 bits per heavy atom. The van der Waals surface area contributed by atoms with Gasteiger partial charge in [0, 0.05) is 83.4 Å². The third kappa shape index (κ3) is 16.9. The van der Waals surface area contributed by atoms with Crippen LogP contribution in [0.3, 0.4) is 0 Å². The number of likely N-dealkylation sites (tertiary alicyclic amines) is 1. The Morgan fingerprint density at radius 3 is 2.18 bits per heavy atom. The van der Waals surface area contributed by atoms with Crippen molar-refractivity contribution in [2.24, 2.45) is 23.0 Å². The van der Waals surface area contributed by atoms with Crippen LogP contribution < -0.4 is 27.0 Å². The summed E-state index contributed by atoms with van der Waals surface area (Å²) in [5.41, 5.74) is 6.85. The number of esters is 1. The highest BCUT2D eigenvalue weighted by molar-refractivity contribution is 6.03. The van der Waals surface area contributed by atoms with Crippen molar-refractivity contribution in [1.82, 2.24) is 30.7 Å². The van der Waals surface area contributed by atoms with E-state index >= 15 is 0 Å². The average molecular weight is 905 g/mol. The minimum atomic E-state index is -1.18. The van der Waals surface area contributed by atoms with Crippen LogP contribution in [-0.4, -0.2) is 126 Å². The molecule has 2 unspecified atom stereocenters. The number of urea groups is 1. The summed E-state index contributed by atoms with van der Waals surface area (Å²) in [6.07, 6.45) is 0.101. The largest absolute Gasteiger partial charge is 0.461 e. The standard InChI is InChI=1S/C46H64N8O11/c1-30-24-41(59)54(44(30)62)23-22-52(20-21-53-29-64-28-34(26-40(53)58)46(3,4)5)39(57)18-17-38(56)50-37(25-32-10-7-6-8-11-32)43(61)51-36(12-9-19-48-45(47)63)42(60)49-35-15-13-33(14-16-35)27-65-31(2)55/h6-8,10-11,13-16,30,34,36-37H,9,12,17-29H2,1-5H3,(H,49,60)(H,50,56)(H,51,61)(H3,47,48,63)/t30?,34?,36-,37+/m0/s1. The Bertz CT molecular complexity index is 2010. The van der Waals surface area contributed by atoms with E-state index in [9.17, 15) is 43.2 Å². The van der Waals surface area contributed by atoms with Crippen LogP contribution >= 0.6 is 0 Å². The van der Waals surface area contributed by atoms with E-state index in [1.807, 2.05) is 20.8 Å². The zero-order valence-electron chi connectivity index (χ0n) is 38.0. The van der Waals surface area contributed by atoms with Gasteiger partial charge in [0.1, 0.15) is 25.4 Å². The molecule has 0 aromatic heterocycles. The lowest BCUT2D eigenvalue weighted by Crippen LogP contribution is -2.53. The maximum absolute atomic E-state index is 14.0. The van der Waals surface area contributed by atoms with Crippen LogP contribution in [0.2, 0.25) is 0 Å². The van der Waals surface area contributed by atoms with E-state index in [1.165, 1.54) is 16.7 Å². The van der Waals surface area contributed by atoms with Crippen LogP contribution in [0.4, 0.5) is 10.5 Å². The fourth-order valence-corrected chi connectivity index (χ4v) is 7.29. The van der Waals surface area contributed by atoms with Gasteiger partial charge >= 0.3 is 12.0 Å². The number of imide groups is 1. The van der Waals surface area contributed by atoms with Crippen molar-refractivity contribution in [2.45, 2.75) is 98.3 Å². The summed E-state index contributed by atoms with van der Waals surface area (Å²) < 4.78 is 10.9. The highest BCUT2D eigenvalue weighted by Crippen LogP contribution is 2.31. The number of hydrogen-bond acceptors (Lipinski definition) is 11. The summed E-state index contributed by atoms with van der Waals surface area (Å²) in [4.78, 5) is 120. The molecule has 354 valence electrons. The van der Waals surface area contributed by atoms with Gasteiger partial charge in [-0.2, -0.15) is 0 Å². The van der Waals surface area contributed by atoms with Gasteiger partial charge in [0.25, 0.3) is 0 Å². The van der Waals surface area contributed by atoms with Crippen molar-refractivity contribution in [1.29, 1.82) is 0 Å². The molecule has 65 heavy (non-hydrogen) atoms. The second kappa shape index (κ2) is 24.6. The number of carbonyl (C=O) groups is 9. The van der Waals surface area contributed by atoms with Crippen molar-refractivity contribution in [3.63, 3.8) is 0 Å². The highest BCUT2D eigenvalue weighted by atomic mass is 16.5. The third-order valence-electron chi connectivity index (χ3n) is 11.4. The first-order chi connectivity index (χ1) is 30.8. The van der Waals surface area contributed by atoms with E-state index in [0.717, 1.165) is 4.90 Å². The van der Waals surface area contributed by atoms with Gasteiger partial charge in [-0.3, -0.25) is 43.3 Å². The molecular formula is C46H64N8O11. The lowest BCUT2D eigenvalue weighted by atomic mass is 9.79. The molecular weight excluding hydrogens is 841 g/mol. The van der Waals surface area contributed by atoms with Crippen molar-refractivity contribution >= 4 is 59.0 Å². The Hall–Kier alpha value is -6.37. The topological polar surface area (TPSA) is 256 Å². The van der Waals surface area contributed by atoms with Crippen molar-refractivity contribution in [3.8, 4) is 0 Å². The van der Waals surface area contributed by atoms with Crippen molar-refractivity contribution in [2.75, 3.05) is 51.4 Å². The fourth-order valence-electron chi connectivity index (χ4n) is 7.29. The number of rotatable bonds is 22. The number of nitrogens with zero attached hydrogens (tertiary/aromatic N) is 3. The number of carbonyl (C=O) groups excluding carboxylic acids is 9. The minimum absolute atomic E-state index is 0.00298. The van der Waals surface area contributed by atoms with Gasteiger partial charge in [-0.25, -0.2) is 4.79 Å². The quantitative estimate of drug-likeness (QED) is 0.0651. The van der Waals surface area contributed by atoms with Crippen molar-refractivity contribution < 1.29 is 52.6 Å². The SMILES string of the molecule is CC(=O)OCc1ccc(NC(=O)[C@H](CCCNC(N)=O)NC(=O)[C@@H](Cc2ccccc2)NC(=O)CCC(=O)N(CCN2COCC(C(C)(C)C)CC2=O)CCN2C(=O)CC(C)C2=O)cc1. The highest BCUT2D eigenvalue weighted by Gasteiger charge is 2.36. The molecule has 0 aliphatic carbocycles. The van der Waals surface area contributed by atoms with Crippen LogP contribution in [0, 0.1) is 17.3 Å². The second-order valence-electron chi connectivity index (χ2n) is 17.6. The Labute approximate surface area is 379 Å². The zero-order valence-corrected chi connectivity index (χ0v) is 38.0. The molecule has 4 atom stereocenters. The molecule has 6 N–H and O–H groups in total. The molecule has 0 bridgehead atoms. The van der Waals surface area contributed by atoms with Crippen LogP contribution in [0.15, 0.2) is 54.6 Å². The predicted octanol–water partition coefficient (Wildman–Crippen LogP) is 2.22. The summed E-state index contributed by atoms with van der Waals surface area (Å²) >= 11 is 0. The zero-order chi connectivity index (χ0) is 47.7. The predicted molar refractivity (Wildman–Crippen MR) is 238 cm³/mol. The normalized spacial score (nSPS) is 17.4. The molecule has 2 aliphatic rings. The van der Waals surface area contributed by atoms with Gasteiger partial charge in [-0.05, 0) is 47.4 Å². The lowest BCUT2D eigenvalue weighted by molar-refractivity contribution is -0.143. The molecule has 0 radical (unpaired) electrons. The number of anilines is 1. The van der Waals surface area contributed by atoms with Gasteiger partial charge in [0.05, 0.1) is 6.61 Å².